The molecule has 1 unspecified atom stereocenters. The van der Waals surface area contributed by atoms with E-state index in [2.05, 4.69) is 11.9 Å². The second kappa shape index (κ2) is 4.08. The standard InChI is InChI=1S/C11H14FN/c1-4-9(3)13-11-6-8(2)5-10(12)7-11/h4-7,9,13H,1H2,2-3H3. The van der Waals surface area contributed by atoms with Gasteiger partial charge in [0, 0.05) is 11.7 Å². The summed E-state index contributed by atoms with van der Waals surface area (Å²) in [6, 6.07) is 5.04. The first-order valence-electron chi connectivity index (χ1n) is 4.28. The highest BCUT2D eigenvalue weighted by Crippen LogP contribution is 2.14. The Bertz CT molecular complexity index is 287. The number of hydrogen-bond donors (Lipinski definition) is 1. The number of rotatable bonds is 3. The maximum atomic E-state index is 12.9. The van der Waals surface area contributed by atoms with Crippen molar-refractivity contribution in [3.63, 3.8) is 0 Å². The van der Waals surface area contributed by atoms with Gasteiger partial charge in [0.1, 0.15) is 5.82 Å². The summed E-state index contributed by atoms with van der Waals surface area (Å²) < 4.78 is 12.9. The lowest BCUT2D eigenvalue weighted by atomic mass is 10.2. The summed E-state index contributed by atoms with van der Waals surface area (Å²) in [4.78, 5) is 0. The Labute approximate surface area is 78.3 Å². The smallest absolute Gasteiger partial charge is 0.125 e. The molecule has 1 atom stereocenters. The minimum Gasteiger partial charge on any atom is -0.379 e. The molecule has 1 rings (SSSR count). The van der Waals surface area contributed by atoms with Crippen molar-refractivity contribution in [1.29, 1.82) is 0 Å². The number of anilines is 1. The summed E-state index contributed by atoms with van der Waals surface area (Å²) in [5.41, 5.74) is 1.71. The maximum absolute atomic E-state index is 12.9. The Morgan fingerprint density at radius 1 is 1.46 bits per heavy atom. The largest absolute Gasteiger partial charge is 0.379 e. The van der Waals surface area contributed by atoms with Crippen molar-refractivity contribution < 1.29 is 4.39 Å². The van der Waals surface area contributed by atoms with Gasteiger partial charge in [-0.15, -0.1) is 6.58 Å². The van der Waals surface area contributed by atoms with Crippen LogP contribution < -0.4 is 5.32 Å². The topological polar surface area (TPSA) is 12.0 Å². The number of benzene rings is 1. The van der Waals surface area contributed by atoms with Crippen LogP contribution in [0, 0.1) is 12.7 Å². The fourth-order valence-electron chi connectivity index (χ4n) is 1.14. The zero-order valence-corrected chi connectivity index (χ0v) is 7.97. The van der Waals surface area contributed by atoms with Crippen LogP contribution in [0.2, 0.25) is 0 Å². The van der Waals surface area contributed by atoms with Crippen molar-refractivity contribution in [3.8, 4) is 0 Å². The molecule has 0 bridgehead atoms. The summed E-state index contributed by atoms with van der Waals surface area (Å²) in [5, 5.41) is 3.12. The van der Waals surface area contributed by atoms with Gasteiger partial charge in [0.25, 0.3) is 0 Å². The highest BCUT2D eigenvalue weighted by molar-refractivity contribution is 5.47. The average Bonchev–Trinajstić information content (AvgIpc) is 2.02. The van der Waals surface area contributed by atoms with Crippen LogP contribution in [-0.2, 0) is 0 Å². The molecule has 0 fully saturated rings. The Balaban J connectivity index is 2.82. The van der Waals surface area contributed by atoms with Crippen LogP contribution in [0.15, 0.2) is 30.9 Å². The first-order valence-corrected chi connectivity index (χ1v) is 4.28. The molecule has 0 aliphatic heterocycles. The SMILES string of the molecule is C=CC(C)Nc1cc(C)cc(F)c1. The second-order valence-electron chi connectivity index (χ2n) is 3.19. The lowest BCUT2D eigenvalue weighted by molar-refractivity contribution is 0.627. The molecule has 70 valence electrons. The molecule has 0 heterocycles. The van der Waals surface area contributed by atoms with E-state index in [0.717, 1.165) is 11.3 Å². The van der Waals surface area contributed by atoms with Gasteiger partial charge >= 0.3 is 0 Å². The van der Waals surface area contributed by atoms with E-state index in [4.69, 9.17) is 0 Å². The van der Waals surface area contributed by atoms with Gasteiger partial charge in [-0.05, 0) is 37.6 Å². The van der Waals surface area contributed by atoms with E-state index in [1.165, 1.54) is 12.1 Å². The Morgan fingerprint density at radius 2 is 2.15 bits per heavy atom. The van der Waals surface area contributed by atoms with E-state index >= 15 is 0 Å². The number of aryl methyl sites for hydroxylation is 1. The van der Waals surface area contributed by atoms with Crippen LogP contribution in [-0.4, -0.2) is 6.04 Å². The normalized spacial score (nSPS) is 12.2. The molecule has 1 aromatic carbocycles. The van der Waals surface area contributed by atoms with Crippen molar-refractivity contribution in [2.75, 3.05) is 5.32 Å². The molecule has 1 N–H and O–H groups in total. The minimum absolute atomic E-state index is 0.154. The fraction of sp³-hybridized carbons (Fsp3) is 0.273. The third-order valence-corrected chi connectivity index (χ3v) is 1.79. The van der Waals surface area contributed by atoms with E-state index in [1.807, 2.05) is 19.9 Å². The lowest BCUT2D eigenvalue weighted by Gasteiger charge is -2.11. The molecular weight excluding hydrogens is 165 g/mol. The van der Waals surface area contributed by atoms with Gasteiger partial charge in [-0.2, -0.15) is 0 Å². The molecule has 13 heavy (non-hydrogen) atoms. The quantitative estimate of drug-likeness (QED) is 0.703. The molecular formula is C11H14FN. The van der Waals surface area contributed by atoms with E-state index in [0.29, 0.717) is 0 Å². The molecule has 1 nitrogen and oxygen atoms in total. The molecule has 0 aliphatic carbocycles. The van der Waals surface area contributed by atoms with E-state index in [9.17, 15) is 4.39 Å². The highest BCUT2D eigenvalue weighted by Gasteiger charge is 1.99. The summed E-state index contributed by atoms with van der Waals surface area (Å²) in [5.74, 6) is -0.209. The molecule has 0 aliphatic rings. The number of nitrogens with one attached hydrogen (secondary N) is 1. The van der Waals surface area contributed by atoms with Crippen LogP contribution in [0.4, 0.5) is 10.1 Å². The Kier molecular flexibility index (Phi) is 3.07. The summed E-state index contributed by atoms with van der Waals surface area (Å²) in [6.07, 6.45) is 1.78. The van der Waals surface area contributed by atoms with Crippen molar-refractivity contribution in [2.24, 2.45) is 0 Å². The van der Waals surface area contributed by atoms with E-state index in [1.54, 1.807) is 6.08 Å². The Hall–Kier alpha value is -1.31. The zero-order chi connectivity index (χ0) is 9.84. The fourth-order valence-corrected chi connectivity index (χ4v) is 1.14. The maximum Gasteiger partial charge on any atom is 0.125 e. The van der Waals surface area contributed by atoms with Crippen molar-refractivity contribution in [2.45, 2.75) is 19.9 Å². The highest BCUT2D eigenvalue weighted by atomic mass is 19.1. The van der Waals surface area contributed by atoms with Crippen molar-refractivity contribution in [3.05, 3.63) is 42.2 Å². The van der Waals surface area contributed by atoms with Crippen LogP contribution in [0.3, 0.4) is 0 Å². The molecule has 2 heteroatoms. The van der Waals surface area contributed by atoms with E-state index in [-0.39, 0.29) is 11.9 Å². The predicted molar refractivity (Wildman–Crippen MR) is 54.4 cm³/mol. The molecule has 0 spiro atoms. The van der Waals surface area contributed by atoms with Gasteiger partial charge in [-0.1, -0.05) is 6.08 Å². The summed E-state index contributed by atoms with van der Waals surface area (Å²) >= 11 is 0. The van der Waals surface area contributed by atoms with Gasteiger partial charge in [-0.25, -0.2) is 4.39 Å². The Morgan fingerprint density at radius 3 is 2.69 bits per heavy atom. The van der Waals surface area contributed by atoms with Gasteiger partial charge in [0.2, 0.25) is 0 Å². The summed E-state index contributed by atoms with van der Waals surface area (Å²) in [6.45, 7) is 7.48. The third-order valence-electron chi connectivity index (χ3n) is 1.79. The van der Waals surface area contributed by atoms with Gasteiger partial charge < -0.3 is 5.32 Å². The zero-order valence-electron chi connectivity index (χ0n) is 7.97. The minimum atomic E-state index is -0.209. The lowest BCUT2D eigenvalue weighted by Crippen LogP contribution is -2.11. The van der Waals surface area contributed by atoms with Crippen molar-refractivity contribution >= 4 is 5.69 Å². The molecule has 0 saturated heterocycles. The first-order chi connectivity index (χ1) is 6.11. The molecule has 0 radical (unpaired) electrons. The second-order valence-corrected chi connectivity index (χ2v) is 3.19. The van der Waals surface area contributed by atoms with Crippen molar-refractivity contribution in [1.82, 2.24) is 0 Å². The number of halogens is 1. The van der Waals surface area contributed by atoms with Gasteiger partial charge in [0.15, 0.2) is 0 Å². The van der Waals surface area contributed by atoms with E-state index < -0.39 is 0 Å². The van der Waals surface area contributed by atoms with Crippen LogP contribution in [0.25, 0.3) is 0 Å². The molecule has 0 aromatic heterocycles. The third kappa shape index (κ3) is 2.90. The number of hydrogen-bond acceptors (Lipinski definition) is 1. The molecule has 0 saturated carbocycles. The van der Waals surface area contributed by atoms with Crippen LogP contribution in [0.5, 0.6) is 0 Å². The van der Waals surface area contributed by atoms with Gasteiger partial charge in [-0.3, -0.25) is 0 Å². The van der Waals surface area contributed by atoms with Gasteiger partial charge in [0.05, 0.1) is 0 Å². The molecule has 0 amide bonds. The first kappa shape index (κ1) is 9.78. The molecule has 1 aromatic rings. The summed E-state index contributed by atoms with van der Waals surface area (Å²) in [7, 11) is 0. The predicted octanol–water partition coefficient (Wildman–Crippen LogP) is 3.12. The average molecular weight is 179 g/mol. The van der Waals surface area contributed by atoms with Crippen LogP contribution in [0.1, 0.15) is 12.5 Å². The monoisotopic (exact) mass is 179 g/mol. The van der Waals surface area contributed by atoms with Crippen LogP contribution >= 0.6 is 0 Å².